The summed E-state index contributed by atoms with van der Waals surface area (Å²) in [5.74, 6) is -1.28. The van der Waals surface area contributed by atoms with Gasteiger partial charge in [0, 0.05) is 24.2 Å². The van der Waals surface area contributed by atoms with Crippen molar-refractivity contribution >= 4 is 35.0 Å². The number of hydrogen-bond donors (Lipinski definition) is 4. The van der Waals surface area contributed by atoms with E-state index in [4.69, 9.17) is 0 Å². The van der Waals surface area contributed by atoms with Crippen molar-refractivity contribution in [1.82, 2.24) is 10.6 Å². The SMILES string of the molecule is Cc1cccc(NC(=O)CNC(=O)CCCC(=O)NCC(=O)Nc2ccccc2)c1. The van der Waals surface area contributed by atoms with E-state index in [0.29, 0.717) is 17.8 Å². The van der Waals surface area contributed by atoms with Crippen LogP contribution in [-0.2, 0) is 19.2 Å². The Morgan fingerprint density at radius 1 is 0.667 bits per heavy atom. The number of para-hydroxylation sites is 1. The minimum atomic E-state index is -0.327. The molecule has 4 amide bonds. The van der Waals surface area contributed by atoms with Gasteiger partial charge in [0.2, 0.25) is 23.6 Å². The number of carbonyl (C=O) groups excluding carboxylic acids is 4. The minimum absolute atomic E-state index is 0.112. The van der Waals surface area contributed by atoms with Crippen molar-refractivity contribution < 1.29 is 19.2 Å². The van der Waals surface area contributed by atoms with E-state index in [2.05, 4.69) is 21.3 Å². The largest absolute Gasteiger partial charge is 0.347 e. The van der Waals surface area contributed by atoms with Crippen LogP contribution in [0.2, 0.25) is 0 Å². The third-order valence-electron chi connectivity index (χ3n) is 4.06. The molecule has 30 heavy (non-hydrogen) atoms. The molecule has 0 atom stereocenters. The summed E-state index contributed by atoms with van der Waals surface area (Å²) in [5, 5.41) is 10.4. The quantitative estimate of drug-likeness (QED) is 0.479. The summed E-state index contributed by atoms with van der Waals surface area (Å²) < 4.78 is 0. The van der Waals surface area contributed by atoms with Gasteiger partial charge >= 0.3 is 0 Å². The zero-order valence-electron chi connectivity index (χ0n) is 16.9. The zero-order chi connectivity index (χ0) is 21.8. The van der Waals surface area contributed by atoms with Crippen molar-refractivity contribution in [3.05, 3.63) is 60.2 Å². The number of amides is 4. The molecule has 0 unspecified atom stereocenters. The third kappa shape index (κ3) is 9.01. The van der Waals surface area contributed by atoms with Crippen LogP contribution < -0.4 is 21.3 Å². The fourth-order valence-corrected chi connectivity index (χ4v) is 2.60. The van der Waals surface area contributed by atoms with E-state index >= 15 is 0 Å². The molecule has 8 heteroatoms. The fraction of sp³-hybridized carbons (Fsp3) is 0.273. The van der Waals surface area contributed by atoms with E-state index in [0.717, 1.165) is 5.56 Å². The first-order valence-electron chi connectivity index (χ1n) is 9.67. The number of hydrogen-bond acceptors (Lipinski definition) is 4. The number of benzene rings is 2. The molecule has 0 aliphatic heterocycles. The van der Waals surface area contributed by atoms with Crippen LogP contribution >= 0.6 is 0 Å². The Kier molecular flexibility index (Phi) is 9.05. The maximum atomic E-state index is 11.9. The molecule has 0 radical (unpaired) electrons. The van der Waals surface area contributed by atoms with Gasteiger partial charge in [0.05, 0.1) is 13.1 Å². The Hall–Kier alpha value is -3.68. The van der Waals surface area contributed by atoms with Crippen LogP contribution in [0.1, 0.15) is 24.8 Å². The highest BCUT2D eigenvalue weighted by Gasteiger charge is 2.09. The van der Waals surface area contributed by atoms with Crippen molar-refractivity contribution in [2.75, 3.05) is 23.7 Å². The maximum Gasteiger partial charge on any atom is 0.243 e. The summed E-state index contributed by atoms with van der Waals surface area (Å²) in [6.07, 6.45) is 0.542. The average Bonchev–Trinajstić information content (AvgIpc) is 2.71. The Bertz CT molecular complexity index is 884. The third-order valence-corrected chi connectivity index (χ3v) is 4.06. The maximum absolute atomic E-state index is 11.9. The second-order valence-electron chi connectivity index (χ2n) is 6.74. The van der Waals surface area contributed by atoms with Gasteiger partial charge < -0.3 is 21.3 Å². The normalized spacial score (nSPS) is 10.0. The highest BCUT2D eigenvalue weighted by atomic mass is 16.2. The molecule has 0 saturated carbocycles. The van der Waals surface area contributed by atoms with Crippen molar-refractivity contribution in [2.24, 2.45) is 0 Å². The summed E-state index contributed by atoms with van der Waals surface area (Å²) in [6.45, 7) is 1.64. The second kappa shape index (κ2) is 12.0. The summed E-state index contributed by atoms with van der Waals surface area (Å²) in [7, 11) is 0. The molecule has 2 aromatic rings. The molecular formula is C22H26N4O4. The Morgan fingerprint density at radius 2 is 1.20 bits per heavy atom. The van der Waals surface area contributed by atoms with E-state index in [9.17, 15) is 19.2 Å². The van der Waals surface area contributed by atoms with Gasteiger partial charge in [-0.15, -0.1) is 0 Å². The molecule has 0 spiro atoms. The molecule has 0 saturated heterocycles. The van der Waals surface area contributed by atoms with E-state index < -0.39 is 0 Å². The van der Waals surface area contributed by atoms with Crippen LogP contribution in [-0.4, -0.2) is 36.7 Å². The Labute approximate surface area is 175 Å². The van der Waals surface area contributed by atoms with Gasteiger partial charge in [-0.3, -0.25) is 19.2 Å². The molecule has 0 bridgehead atoms. The summed E-state index contributed by atoms with van der Waals surface area (Å²) >= 11 is 0. The topological polar surface area (TPSA) is 116 Å². The van der Waals surface area contributed by atoms with Crippen molar-refractivity contribution in [3.8, 4) is 0 Å². The van der Waals surface area contributed by atoms with Crippen LogP contribution in [0, 0.1) is 6.92 Å². The Balaban J connectivity index is 1.55. The lowest BCUT2D eigenvalue weighted by molar-refractivity contribution is -0.125. The summed E-state index contributed by atoms with van der Waals surface area (Å²) in [6, 6.07) is 16.3. The van der Waals surface area contributed by atoms with Gasteiger partial charge in [-0.2, -0.15) is 0 Å². The monoisotopic (exact) mass is 410 g/mol. The summed E-state index contributed by atoms with van der Waals surface area (Å²) in [5.41, 5.74) is 2.34. The number of rotatable bonds is 10. The van der Waals surface area contributed by atoms with E-state index in [-0.39, 0.29) is 49.6 Å². The number of anilines is 2. The highest BCUT2D eigenvalue weighted by molar-refractivity contribution is 5.95. The smallest absolute Gasteiger partial charge is 0.243 e. The van der Waals surface area contributed by atoms with E-state index in [1.807, 2.05) is 31.2 Å². The van der Waals surface area contributed by atoms with Gasteiger partial charge in [-0.25, -0.2) is 0 Å². The number of nitrogens with one attached hydrogen (secondary N) is 4. The molecule has 0 aliphatic carbocycles. The fourth-order valence-electron chi connectivity index (χ4n) is 2.60. The first-order valence-corrected chi connectivity index (χ1v) is 9.67. The lowest BCUT2D eigenvalue weighted by Gasteiger charge is -2.08. The van der Waals surface area contributed by atoms with E-state index in [1.165, 1.54) is 0 Å². The van der Waals surface area contributed by atoms with Gasteiger partial charge in [-0.05, 0) is 43.2 Å². The van der Waals surface area contributed by atoms with Gasteiger partial charge in [-0.1, -0.05) is 30.3 Å². The standard InChI is InChI=1S/C22H26N4O4/c1-16-7-5-10-18(13-16)26-22(30)15-24-20(28)12-6-11-19(27)23-14-21(29)25-17-8-3-2-4-9-17/h2-5,7-10,13H,6,11-12,14-15H2,1H3,(H,23,27)(H,24,28)(H,25,29)(H,26,30). The lowest BCUT2D eigenvalue weighted by Crippen LogP contribution is -2.34. The van der Waals surface area contributed by atoms with E-state index in [1.54, 1.807) is 30.3 Å². The minimum Gasteiger partial charge on any atom is -0.347 e. The van der Waals surface area contributed by atoms with Gasteiger partial charge in [0.15, 0.2) is 0 Å². The average molecular weight is 410 g/mol. The molecule has 0 heterocycles. The molecule has 2 rings (SSSR count). The molecule has 4 N–H and O–H groups in total. The van der Waals surface area contributed by atoms with Crippen LogP contribution in [0.15, 0.2) is 54.6 Å². The molecular weight excluding hydrogens is 384 g/mol. The molecule has 0 aliphatic rings. The van der Waals surface area contributed by atoms with Gasteiger partial charge in [0.25, 0.3) is 0 Å². The van der Waals surface area contributed by atoms with Gasteiger partial charge in [0.1, 0.15) is 0 Å². The van der Waals surface area contributed by atoms with Crippen LogP contribution in [0.25, 0.3) is 0 Å². The molecule has 158 valence electrons. The number of carbonyl (C=O) groups is 4. The highest BCUT2D eigenvalue weighted by Crippen LogP contribution is 2.09. The number of aryl methyl sites for hydroxylation is 1. The first kappa shape index (κ1) is 22.6. The van der Waals surface area contributed by atoms with Crippen molar-refractivity contribution in [1.29, 1.82) is 0 Å². The molecule has 0 aromatic heterocycles. The zero-order valence-corrected chi connectivity index (χ0v) is 16.9. The predicted octanol–water partition coefficient (Wildman–Crippen LogP) is 1.97. The molecule has 0 fully saturated rings. The van der Waals surface area contributed by atoms with Crippen molar-refractivity contribution in [3.63, 3.8) is 0 Å². The molecule has 2 aromatic carbocycles. The van der Waals surface area contributed by atoms with Crippen LogP contribution in [0.4, 0.5) is 11.4 Å². The lowest BCUT2D eigenvalue weighted by atomic mass is 10.2. The summed E-state index contributed by atoms with van der Waals surface area (Å²) in [4.78, 5) is 47.2. The van der Waals surface area contributed by atoms with Crippen LogP contribution in [0.5, 0.6) is 0 Å². The Morgan fingerprint density at radius 3 is 1.77 bits per heavy atom. The van der Waals surface area contributed by atoms with Crippen molar-refractivity contribution in [2.45, 2.75) is 26.2 Å². The predicted molar refractivity (Wildman–Crippen MR) is 115 cm³/mol. The first-order chi connectivity index (χ1) is 14.4. The van der Waals surface area contributed by atoms with Crippen LogP contribution in [0.3, 0.4) is 0 Å². The molecule has 8 nitrogen and oxygen atoms in total. The second-order valence-corrected chi connectivity index (χ2v) is 6.74.